The van der Waals surface area contributed by atoms with Crippen LogP contribution in [0.15, 0.2) is 91.0 Å². The van der Waals surface area contributed by atoms with Gasteiger partial charge in [0.1, 0.15) is 30.4 Å². The summed E-state index contributed by atoms with van der Waals surface area (Å²) in [6.45, 7) is -0.655. The van der Waals surface area contributed by atoms with Crippen LogP contribution in [0, 0.1) is 0 Å². The normalized spacial score (nSPS) is 16.2. The number of aromatic hydroxyl groups is 2. The number of amides is 2. The molecule has 0 aliphatic carbocycles. The molecule has 2 amide bonds. The Hall–Kier alpha value is -5.61. The zero-order valence-corrected chi connectivity index (χ0v) is 28.2. The van der Waals surface area contributed by atoms with E-state index in [1.807, 2.05) is 51.9 Å². The fourth-order valence-corrected chi connectivity index (χ4v) is 8.05. The molecular weight excluding hydrogens is 685 g/mol. The molecule has 0 spiro atoms. The van der Waals surface area contributed by atoms with Crippen LogP contribution in [0.3, 0.4) is 0 Å². The van der Waals surface area contributed by atoms with E-state index in [2.05, 4.69) is 22.1 Å². The number of rotatable bonds is 9. The maximum absolute atomic E-state index is 11.9. The molecule has 16 heteroatoms. The zero-order chi connectivity index (χ0) is 35.5. The van der Waals surface area contributed by atoms with Crippen LogP contribution >= 0.6 is 0 Å². The van der Waals surface area contributed by atoms with E-state index in [4.69, 9.17) is 0 Å². The van der Waals surface area contributed by atoms with E-state index in [1.165, 1.54) is 23.8 Å². The lowest BCUT2D eigenvalue weighted by molar-refractivity contribution is -0.118. The first-order chi connectivity index (χ1) is 23.9. The van der Waals surface area contributed by atoms with Crippen molar-refractivity contribution in [2.24, 2.45) is 0 Å². The van der Waals surface area contributed by atoms with Crippen molar-refractivity contribution in [2.75, 3.05) is 21.7 Å². The number of nitrogens with zero attached hydrogens (tertiary/aromatic N) is 3. The summed E-state index contributed by atoms with van der Waals surface area (Å²) in [5, 5.41) is 20.4. The van der Waals surface area contributed by atoms with E-state index in [0.29, 0.717) is 12.8 Å². The van der Waals surface area contributed by atoms with E-state index >= 15 is 0 Å². The summed E-state index contributed by atoms with van der Waals surface area (Å²) in [6.07, 6.45) is 3.90. The van der Waals surface area contributed by atoms with Gasteiger partial charge in [0.2, 0.25) is 0 Å². The van der Waals surface area contributed by atoms with Crippen molar-refractivity contribution in [3.63, 3.8) is 0 Å². The van der Waals surface area contributed by atoms with E-state index in [1.54, 1.807) is 18.2 Å². The first-order valence-electron chi connectivity index (χ1n) is 15.7. The summed E-state index contributed by atoms with van der Waals surface area (Å²) < 4.78 is 52.9. The van der Waals surface area contributed by atoms with Gasteiger partial charge in [0.05, 0.1) is 22.4 Å². The predicted octanol–water partition coefficient (Wildman–Crippen LogP) is 2.98. The predicted molar refractivity (Wildman–Crippen MR) is 187 cm³/mol. The van der Waals surface area contributed by atoms with Crippen LogP contribution in [0.2, 0.25) is 0 Å². The van der Waals surface area contributed by atoms with E-state index in [9.17, 15) is 36.6 Å². The summed E-state index contributed by atoms with van der Waals surface area (Å²) in [5.74, 6) is -0.731. The summed E-state index contributed by atoms with van der Waals surface area (Å²) in [7, 11) is -7.84. The molecule has 5 aromatic rings. The van der Waals surface area contributed by atoms with Crippen LogP contribution in [-0.4, -0.2) is 61.9 Å². The third kappa shape index (κ3) is 7.82. The highest BCUT2D eigenvalue weighted by Crippen LogP contribution is 2.33. The van der Waals surface area contributed by atoms with Gasteiger partial charge < -0.3 is 15.2 Å². The Morgan fingerprint density at radius 3 is 1.66 bits per heavy atom. The van der Waals surface area contributed by atoms with Crippen LogP contribution in [0.5, 0.6) is 11.5 Å². The van der Waals surface area contributed by atoms with Gasteiger partial charge in [-0.25, -0.2) is 23.0 Å². The molecule has 5 N–H and O–H groups in total. The lowest BCUT2D eigenvalue weighted by Gasteiger charge is -2.16. The molecule has 0 bridgehead atoms. The summed E-state index contributed by atoms with van der Waals surface area (Å²) in [6, 6.07) is 27.5. The molecule has 2 fully saturated rings. The fraction of sp³-hybridized carbons (Fsp3) is 0.206. The number of carbonyl (C=O) groups is 2. The number of carbonyl (C=O) groups excluding carboxylic acids is 2. The standard InChI is InChI=1S/C17H16N4O4S.C17H18N2O4S/c22-15-9-11(5-7-14(15)21-10-17(23)20-26(21,24)25)6-8-16-18-12-3-1-2-4-13(12)19-16;20-16-11-14(8-4-7-13-5-2-1-3-6-13)9-10-15(16)19-12-17(21)18-24(19,22)23/h1-5,7,9,22H,6,8,10H2,(H,18,19)(H,20,23);1-3,5-6,9-11,20H,4,7-8,12H2,(H,18,21). The summed E-state index contributed by atoms with van der Waals surface area (Å²) in [4.78, 5) is 30.4. The molecule has 0 saturated carbocycles. The van der Waals surface area contributed by atoms with Gasteiger partial charge in [-0.05, 0) is 78.8 Å². The van der Waals surface area contributed by atoms with E-state index in [0.717, 1.165) is 55.9 Å². The van der Waals surface area contributed by atoms with Crippen molar-refractivity contribution in [2.45, 2.75) is 32.1 Å². The quantitative estimate of drug-likeness (QED) is 0.152. The van der Waals surface area contributed by atoms with Crippen molar-refractivity contribution < 1.29 is 36.6 Å². The number of aromatic amines is 1. The molecule has 1 aromatic heterocycles. The number of nitrogens with one attached hydrogen (secondary N) is 3. The molecule has 2 saturated heterocycles. The van der Waals surface area contributed by atoms with Crippen LogP contribution in [0.1, 0.15) is 28.9 Å². The second-order valence-electron chi connectivity index (χ2n) is 11.8. The van der Waals surface area contributed by atoms with Crippen LogP contribution in [0.4, 0.5) is 11.4 Å². The Morgan fingerprint density at radius 2 is 1.14 bits per heavy atom. The number of aryl methyl sites for hydroxylation is 4. The van der Waals surface area contributed by atoms with Gasteiger partial charge in [-0.1, -0.05) is 54.6 Å². The molecule has 50 heavy (non-hydrogen) atoms. The van der Waals surface area contributed by atoms with Crippen LogP contribution in [0.25, 0.3) is 11.0 Å². The molecule has 3 heterocycles. The van der Waals surface area contributed by atoms with Gasteiger partial charge in [0.15, 0.2) is 0 Å². The number of anilines is 2. The fourth-order valence-electron chi connectivity index (χ4n) is 5.72. The number of benzene rings is 4. The van der Waals surface area contributed by atoms with Gasteiger partial charge in [-0.2, -0.15) is 16.8 Å². The largest absolute Gasteiger partial charge is 0.506 e. The Labute approximate surface area is 288 Å². The van der Waals surface area contributed by atoms with E-state index in [-0.39, 0.29) is 36.0 Å². The summed E-state index contributed by atoms with van der Waals surface area (Å²) in [5.41, 5.74) is 5.07. The van der Waals surface area contributed by atoms with Crippen molar-refractivity contribution in [3.8, 4) is 11.5 Å². The molecule has 0 radical (unpaired) electrons. The SMILES string of the molecule is O=C1CN(c2ccc(CCCc3ccccc3)cc2O)S(=O)(=O)N1.O=C1CN(c2ccc(CCc3nc4ccccc4[nH]3)cc2O)S(=O)(=O)N1. The number of aromatic nitrogens is 2. The maximum atomic E-state index is 11.9. The highest BCUT2D eigenvalue weighted by atomic mass is 32.2. The van der Waals surface area contributed by atoms with Gasteiger partial charge in [0.25, 0.3) is 11.8 Å². The molecule has 260 valence electrons. The second-order valence-corrected chi connectivity index (χ2v) is 14.9. The number of H-pyrrole nitrogens is 1. The minimum atomic E-state index is -3.94. The monoisotopic (exact) mass is 718 g/mol. The Morgan fingerprint density at radius 1 is 0.620 bits per heavy atom. The lowest BCUT2D eigenvalue weighted by atomic mass is 10.0. The lowest BCUT2D eigenvalue weighted by Crippen LogP contribution is -2.29. The first kappa shape index (κ1) is 34.3. The Bertz CT molecular complexity index is 2240. The molecule has 4 aromatic carbocycles. The molecule has 2 aliphatic rings. The van der Waals surface area contributed by atoms with Crippen molar-refractivity contribution in [1.29, 1.82) is 0 Å². The van der Waals surface area contributed by atoms with Crippen molar-refractivity contribution in [3.05, 3.63) is 114 Å². The first-order valence-corrected chi connectivity index (χ1v) is 18.5. The molecule has 0 unspecified atom stereocenters. The number of hydrogen-bond acceptors (Lipinski definition) is 9. The van der Waals surface area contributed by atoms with E-state index < -0.39 is 32.2 Å². The molecule has 7 rings (SSSR count). The molecule has 0 atom stereocenters. The molecule has 14 nitrogen and oxygen atoms in total. The zero-order valence-electron chi connectivity index (χ0n) is 26.6. The number of para-hydroxylation sites is 2. The average Bonchev–Trinajstić information content (AvgIpc) is 3.70. The third-order valence-corrected chi connectivity index (χ3v) is 10.9. The topological polar surface area (TPSA) is 202 Å². The average molecular weight is 719 g/mol. The smallest absolute Gasteiger partial charge is 0.326 e. The number of fused-ring (bicyclic) bond motifs is 1. The third-order valence-electron chi connectivity index (χ3n) is 8.12. The van der Waals surface area contributed by atoms with Crippen LogP contribution in [-0.2, 0) is 55.7 Å². The number of phenolic OH excluding ortho intramolecular Hbond substituents is 2. The Kier molecular flexibility index (Phi) is 9.65. The van der Waals surface area contributed by atoms with Crippen molar-refractivity contribution in [1.82, 2.24) is 19.4 Å². The molecule has 2 aliphatic heterocycles. The Balaban J connectivity index is 0.000000174. The number of phenols is 2. The highest BCUT2D eigenvalue weighted by molar-refractivity contribution is 7.92. The number of imidazole rings is 1. The minimum absolute atomic E-state index is 0.0795. The summed E-state index contributed by atoms with van der Waals surface area (Å²) >= 11 is 0. The van der Waals surface area contributed by atoms with Gasteiger partial charge in [-0.15, -0.1) is 0 Å². The van der Waals surface area contributed by atoms with Gasteiger partial charge >= 0.3 is 20.4 Å². The second kappa shape index (κ2) is 14.1. The maximum Gasteiger partial charge on any atom is 0.326 e. The highest BCUT2D eigenvalue weighted by Gasteiger charge is 2.36. The van der Waals surface area contributed by atoms with Gasteiger partial charge in [-0.3, -0.25) is 9.59 Å². The minimum Gasteiger partial charge on any atom is -0.506 e. The number of hydrogen-bond donors (Lipinski definition) is 5. The van der Waals surface area contributed by atoms with Crippen LogP contribution < -0.4 is 18.1 Å². The van der Waals surface area contributed by atoms with Crippen molar-refractivity contribution >= 4 is 54.6 Å². The van der Waals surface area contributed by atoms with Gasteiger partial charge in [0, 0.05) is 6.42 Å². The molecular formula is C34H34N6O8S2.